The zero-order valence-corrected chi connectivity index (χ0v) is 13.6. The third-order valence-electron chi connectivity index (χ3n) is 3.11. The Balaban J connectivity index is 1.92. The summed E-state index contributed by atoms with van der Waals surface area (Å²) in [4.78, 5) is 6.71. The van der Waals surface area contributed by atoms with Gasteiger partial charge in [-0.1, -0.05) is 0 Å². The number of benzene rings is 1. The van der Waals surface area contributed by atoms with Crippen molar-refractivity contribution in [2.75, 3.05) is 6.26 Å². The molecule has 0 saturated carbocycles. The molecule has 6 heteroatoms. The molecule has 0 bridgehead atoms. The van der Waals surface area contributed by atoms with Crippen molar-refractivity contribution < 1.29 is 4.74 Å². The number of thiazole rings is 1. The van der Waals surface area contributed by atoms with Crippen LogP contribution in [0.15, 0.2) is 40.7 Å². The molecule has 21 heavy (non-hydrogen) atoms. The van der Waals surface area contributed by atoms with Crippen molar-refractivity contribution >= 4 is 28.1 Å². The van der Waals surface area contributed by atoms with Crippen LogP contribution in [0.5, 0.6) is 11.6 Å². The average molecular weight is 319 g/mol. The molecule has 0 aliphatic carbocycles. The lowest BCUT2D eigenvalue weighted by Gasteiger charge is -2.08. The predicted molar refractivity (Wildman–Crippen MR) is 88.7 cm³/mol. The van der Waals surface area contributed by atoms with Gasteiger partial charge in [-0.15, -0.1) is 23.1 Å². The van der Waals surface area contributed by atoms with E-state index in [-0.39, 0.29) is 6.04 Å². The first-order valence-electron chi connectivity index (χ1n) is 6.69. The van der Waals surface area contributed by atoms with Gasteiger partial charge in [-0.25, -0.2) is 0 Å². The summed E-state index contributed by atoms with van der Waals surface area (Å²) >= 11 is 3.30. The number of aromatic nitrogens is 2. The molecule has 0 fully saturated rings. The van der Waals surface area contributed by atoms with Gasteiger partial charge in [0.05, 0.1) is 5.69 Å². The number of hydrogen-bond donors (Lipinski definition) is 1. The van der Waals surface area contributed by atoms with E-state index in [1.807, 2.05) is 42.8 Å². The van der Waals surface area contributed by atoms with Crippen molar-refractivity contribution in [1.29, 1.82) is 0 Å². The average Bonchev–Trinajstić information content (AvgIpc) is 3.03. The number of ether oxygens (including phenoxy) is 1. The van der Waals surface area contributed by atoms with E-state index in [1.165, 1.54) is 4.90 Å². The second-order valence-corrected chi connectivity index (χ2v) is 6.63. The van der Waals surface area contributed by atoms with Crippen LogP contribution in [0.3, 0.4) is 0 Å². The Kier molecular flexibility index (Phi) is 4.19. The minimum absolute atomic E-state index is 0.0611. The number of nitrogens with two attached hydrogens (primary N) is 1. The van der Waals surface area contributed by atoms with Gasteiger partial charge < -0.3 is 10.5 Å². The molecule has 1 atom stereocenters. The van der Waals surface area contributed by atoms with E-state index in [9.17, 15) is 0 Å². The highest BCUT2D eigenvalue weighted by molar-refractivity contribution is 7.98. The van der Waals surface area contributed by atoms with E-state index in [0.29, 0.717) is 5.88 Å². The maximum absolute atomic E-state index is 5.96. The van der Waals surface area contributed by atoms with E-state index in [1.54, 1.807) is 23.1 Å². The first kappa shape index (κ1) is 14.4. The van der Waals surface area contributed by atoms with Crippen LogP contribution in [0.1, 0.15) is 12.6 Å². The summed E-state index contributed by atoms with van der Waals surface area (Å²) in [5.74, 6) is 1.44. The molecule has 0 aliphatic rings. The Bertz CT molecular complexity index is 731. The predicted octanol–water partition coefficient (Wildman–Crippen LogP) is 3.80. The SMILES string of the molecule is CSc1ccc(Oc2nc3sccn3c2CC(C)N)cc1. The van der Waals surface area contributed by atoms with E-state index in [0.717, 1.165) is 22.8 Å². The highest BCUT2D eigenvalue weighted by Gasteiger charge is 2.16. The molecule has 4 nitrogen and oxygen atoms in total. The monoisotopic (exact) mass is 319 g/mol. The topological polar surface area (TPSA) is 52.5 Å². The van der Waals surface area contributed by atoms with E-state index >= 15 is 0 Å². The summed E-state index contributed by atoms with van der Waals surface area (Å²) in [6, 6.07) is 8.09. The van der Waals surface area contributed by atoms with Crippen LogP contribution in [0.25, 0.3) is 4.96 Å². The van der Waals surface area contributed by atoms with Gasteiger partial charge in [0.15, 0.2) is 4.96 Å². The zero-order valence-electron chi connectivity index (χ0n) is 11.9. The van der Waals surface area contributed by atoms with Crippen molar-refractivity contribution in [3.63, 3.8) is 0 Å². The highest BCUT2D eigenvalue weighted by Crippen LogP contribution is 2.29. The standard InChI is InChI=1S/C15H17N3OS2/c1-10(16)9-13-14(17-15-18(13)7-8-21-15)19-11-3-5-12(20-2)6-4-11/h3-8,10H,9,16H2,1-2H3. The fourth-order valence-corrected chi connectivity index (χ4v) is 3.27. The molecule has 2 heterocycles. The van der Waals surface area contributed by atoms with Gasteiger partial charge in [-0.05, 0) is 37.4 Å². The molecular weight excluding hydrogens is 302 g/mol. The number of thioether (sulfide) groups is 1. The smallest absolute Gasteiger partial charge is 0.242 e. The molecule has 2 aromatic heterocycles. The Labute approximate surface area is 132 Å². The molecule has 110 valence electrons. The van der Waals surface area contributed by atoms with Crippen LogP contribution < -0.4 is 10.5 Å². The van der Waals surface area contributed by atoms with Crippen molar-refractivity contribution in [3.05, 3.63) is 41.5 Å². The lowest BCUT2D eigenvalue weighted by molar-refractivity contribution is 0.456. The first-order valence-corrected chi connectivity index (χ1v) is 8.79. The molecule has 1 aromatic carbocycles. The summed E-state index contributed by atoms with van der Waals surface area (Å²) in [7, 11) is 0. The van der Waals surface area contributed by atoms with Crippen molar-refractivity contribution in [2.45, 2.75) is 24.3 Å². The third kappa shape index (κ3) is 3.07. The number of imidazole rings is 1. The lowest BCUT2D eigenvalue weighted by atomic mass is 10.2. The second-order valence-electron chi connectivity index (χ2n) is 4.88. The number of nitrogens with zero attached hydrogens (tertiary/aromatic N) is 2. The Hall–Kier alpha value is -1.50. The van der Waals surface area contributed by atoms with Gasteiger partial charge in [0.25, 0.3) is 0 Å². The van der Waals surface area contributed by atoms with Crippen molar-refractivity contribution in [2.24, 2.45) is 5.73 Å². The summed E-state index contributed by atoms with van der Waals surface area (Å²) in [6.45, 7) is 1.99. The molecule has 2 N–H and O–H groups in total. The maximum Gasteiger partial charge on any atom is 0.242 e. The largest absolute Gasteiger partial charge is 0.437 e. The van der Waals surface area contributed by atoms with Crippen molar-refractivity contribution in [3.8, 4) is 11.6 Å². The normalized spacial score (nSPS) is 12.7. The molecule has 0 spiro atoms. The minimum Gasteiger partial charge on any atom is -0.437 e. The Morgan fingerprint density at radius 1 is 1.38 bits per heavy atom. The number of rotatable bonds is 5. The van der Waals surface area contributed by atoms with Gasteiger partial charge in [0.2, 0.25) is 5.88 Å². The van der Waals surface area contributed by atoms with Crippen LogP contribution >= 0.6 is 23.1 Å². The third-order valence-corrected chi connectivity index (χ3v) is 4.61. The van der Waals surface area contributed by atoms with Gasteiger partial charge in [-0.2, -0.15) is 4.98 Å². The molecule has 0 amide bonds. The molecule has 1 unspecified atom stereocenters. The molecular formula is C15H17N3OS2. The second kappa shape index (κ2) is 6.09. The van der Waals surface area contributed by atoms with Gasteiger partial charge >= 0.3 is 0 Å². The van der Waals surface area contributed by atoms with Crippen LogP contribution in [0.4, 0.5) is 0 Å². The quantitative estimate of drug-likeness (QED) is 0.727. The highest BCUT2D eigenvalue weighted by atomic mass is 32.2. The van der Waals surface area contributed by atoms with E-state index < -0.39 is 0 Å². The van der Waals surface area contributed by atoms with Gasteiger partial charge in [0, 0.05) is 28.9 Å². The summed E-state index contributed by atoms with van der Waals surface area (Å²) in [6.07, 6.45) is 4.80. The molecule has 3 aromatic rings. The van der Waals surface area contributed by atoms with Crippen LogP contribution in [0, 0.1) is 0 Å². The first-order chi connectivity index (χ1) is 10.2. The fourth-order valence-electron chi connectivity index (χ4n) is 2.14. The molecule has 0 radical (unpaired) electrons. The van der Waals surface area contributed by atoms with E-state index in [4.69, 9.17) is 10.5 Å². The van der Waals surface area contributed by atoms with Gasteiger partial charge in [-0.3, -0.25) is 4.40 Å². The lowest BCUT2D eigenvalue weighted by Crippen LogP contribution is -2.19. The summed E-state index contributed by atoms with van der Waals surface area (Å²) in [5, 5.41) is 2.02. The number of hydrogen-bond acceptors (Lipinski definition) is 5. The molecule has 0 aliphatic heterocycles. The summed E-state index contributed by atoms with van der Waals surface area (Å²) in [5.41, 5.74) is 6.97. The maximum atomic E-state index is 5.96. The Morgan fingerprint density at radius 3 is 2.81 bits per heavy atom. The van der Waals surface area contributed by atoms with Crippen LogP contribution in [-0.4, -0.2) is 21.7 Å². The van der Waals surface area contributed by atoms with Crippen molar-refractivity contribution in [1.82, 2.24) is 9.38 Å². The Morgan fingerprint density at radius 2 is 2.14 bits per heavy atom. The molecule has 0 saturated heterocycles. The van der Waals surface area contributed by atoms with Crippen LogP contribution in [0.2, 0.25) is 0 Å². The zero-order chi connectivity index (χ0) is 14.8. The fraction of sp³-hybridized carbons (Fsp3) is 0.267. The van der Waals surface area contributed by atoms with E-state index in [2.05, 4.69) is 15.6 Å². The van der Waals surface area contributed by atoms with Crippen LogP contribution in [-0.2, 0) is 6.42 Å². The molecule has 3 rings (SSSR count). The number of fused-ring (bicyclic) bond motifs is 1. The minimum atomic E-state index is 0.0611. The summed E-state index contributed by atoms with van der Waals surface area (Å²) < 4.78 is 8.02. The van der Waals surface area contributed by atoms with Gasteiger partial charge in [0.1, 0.15) is 5.75 Å².